The molecule has 0 radical (unpaired) electrons. The Morgan fingerprint density at radius 3 is 1.60 bits per heavy atom. The van der Waals surface area contributed by atoms with Crippen molar-refractivity contribution in [1.29, 1.82) is 0 Å². The fraction of sp³-hybridized carbons (Fsp3) is 1.00. The predicted molar refractivity (Wildman–Crippen MR) is 66.1 cm³/mol. The molecule has 0 aromatic heterocycles. The van der Waals surface area contributed by atoms with Gasteiger partial charge < -0.3 is 21.7 Å². The molecule has 0 bridgehead atoms. The Morgan fingerprint density at radius 1 is 0.800 bits per heavy atom. The van der Waals surface area contributed by atoms with Gasteiger partial charge in [0, 0.05) is 13.2 Å². The van der Waals surface area contributed by atoms with Crippen molar-refractivity contribution in [2.24, 2.45) is 0 Å². The molecule has 0 heterocycles. The van der Waals surface area contributed by atoms with E-state index in [0.717, 1.165) is 13.2 Å². The van der Waals surface area contributed by atoms with Crippen LogP contribution in [0.25, 0.3) is 0 Å². The summed E-state index contributed by atoms with van der Waals surface area (Å²) < 4.78 is 6.23. The van der Waals surface area contributed by atoms with Crippen LogP contribution in [-0.2, 0) is 4.74 Å². The zero-order valence-electron chi connectivity index (χ0n) is 10.9. The van der Waals surface area contributed by atoms with Crippen molar-refractivity contribution in [3.63, 3.8) is 0 Å². The molecule has 90 valence electrons. The molecule has 0 fully saturated rings. The van der Waals surface area contributed by atoms with Gasteiger partial charge in [-0.05, 0) is 13.8 Å². The molecule has 0 amide bonds. The number of unbranched alkanes of at least 4 members (excludes halogenated alkanes) is 5. The molecule has 0 aromatic carbocycles. The second kappa shape index (κ2) is 24.4. The second-order valence-corrected chi connectivity index (χ2v) is 4.11. The van der Waals surface area contributed by atoms with Gasteiger partial charge in [-0.3, -0.25) is 0 Å². The van der Waals surface area contributed by atoms with Crippen molar-refractivity contribution in [1.82, 2.24) is 0 Å². The Balaban J connectivity index is -0.000000208. The quantitative estimate of drug-likeness (QED) is 0.478. The van der Waals surface area contributed by atoms with Gasteiger partial charge in [0.15, 0.2) is 0 Å². The maximum Gasteiger partial charge on any atom is 0.0437 e. The van der Waals surface area contributed by atoms with Crippen molar-refractivity contribution in [3.05, 3.63) is 0 Å². The van der Waals surface area contributed by atoms with Crippen LogP contribution in [0.2, 0.25) is 4.55 Å². The Kier molecular flexibility index (Phi) is 35.0. The van der Waals surface area contributed by atoms with E-state index >= 15 is 0 Å². The summed E-state index contributed by atoms with van der Waals surface area (Å²) >= 11 is 2.09. The van der Waals surface area contributed by atoms with Gasteiger partial charge in [-0.1, -0.05) is 0 Å². The summed E-state index contributed by atoms with van der Waals surface area (Å²) in [6.45, 7) is 7.93. The summed E-state index contributed by atoms with van der Waals surface area (Å²) in [7, 11) is 0. The summed E-state index contributed by atoms with van der Waals surface area (Å²) in [6.07, 6.45) is 8.64. The molecule has 0 N–H and O–H groups in total. The maximum atomic E-state index is 4.83. The van der Waals surface area contributed by atoms with Crippen molar-refractivity contribution < 1.29 is 21.7 Å². The number of halogens is 1. The molecule has 0 saturated carbocycles. The van der Waals surface area contributed by atoms with Gasteiger partial charge in [0.25, 0.3) is 0 Å². The van der Waals surface area contributed by atoms with E-state index in [-0.39, 0.29) is 17.0 Å². The Hall–Kier alpha value is 1.21. The van der Waals surface area contributed by atoms with Crippen molar-refractivity contribution in [3.8, 4) is 0 Å². The third kappa shape index (κ3) is 31.3. The molecule has 1 nitrogen and oxygen atoms in total. The maximum absolute atomic E-state index is 4.83. The molecule has 0 unspecified atom stereocenters. The Morgan fingerprint density at radius 2 is 1.27 bits per heavy atom. The van der Waals surface area contributed by atoms with Crippen LogP contribution in [0.3, 0.4) is 0 Å². The average Bonchev–Trinajstić information content (AvgIpc) is 2.20. The Labute approximate surface area is 120 Å². The fourth-order valence-corrected chi connectivity index (χ4v) is 1.51. The third-order valence-corrected chi connectivity index (χ3v) is 2.51. The van der Waals surface area contributed by atoms with Crippen molar-refractivity contribution in [2.45, 2.75) is 63.8 Å². The largest absolute Gasteiger partial charge is 1.00 e. The molecule has 0 aliphatic rings. The van der Waals surface area contributed by atoms with E-state index in [9.17, 15) is 0 Å². The van der Waals surface area contributed by atoms with E-state index in [0.29, 0.717) is 0 Å². The zero-order chi connectivity index (χ0) is 11.1. The molecular formula is C12H27BrMgO. The molecule has 0 aliphatic heterocycles. The Bertz CT molecular complexity index is 74.0. The molecule has 0 rings (SSSR count). The average molecular weight is 292 g/mol. The van der Waals surface area contributed by atoms with Gasteiger partial charge in [-0.15, -0.1) is 0 Å². The van der Waals surface area contributed by atoms with E-state index in [1.165, 1.54) is 43.1 Å². The minimum absolute atomic E-state index is 0. The van der Waals surface area contributed by atoms with E-state index in [1.54, 1.807) is 0 Å². The van der Waals surface area contributed by atoms with E-state index < -0.39 is 0 Å². The first-order chi connectivity index (χ1) is 6.83. The summed E-state index contributed by atoms with van der Waals surface area (Å²) in [5.74, 6) is 0. The van der Waals surface area contributed by atoms with Gasteiger partial charge in [0.1, 0.15) is 0 Å². The first kappa shape index (κ1) is 21.5. The predicted octanol–water partition coefficient (Wildman–Crippen LogP) is 0.980. The first-order valence-electron chi connectivity index (χ1n) is 6.20. The van der Waals surface area contributed by atoms with Gasteiger partial charge >= 0.3 is 71.7 Å². The van der Waals surface area contributed by atoms with Crippen LogP contribution in [0.15, 0.2) is 0 Å². The number of rotatable bonds is 8. The molecule has 0 aromatic rings. The third-order valence-electron chi connectivity index (χ3n) is 2.01. The summed E-state index contributed by atoms with van der Waals surface area (Å²) in [6, 6.07) is 0. The first-order valence-corrected chi connectivity index (χ1v) is 7.20. The van der Waals surface area contributed by atoms with Crippen molar-refractivity contribution in [2.75, 3.05) is 13.2 Å². The number of ether oxygens (including phenoxy) is 1. The monoisotopic (exact) mass is 290 g/mol. The molecule has 0 saturated heterocycles. The number of hydrogen-bond donors (Lipinski definition) is 0. The van der Waals surface area contributed by atoms with Crippen molar-refractivity contribution >= 4 is 21.7 Å². The van der Waals surface area contributed by atoms with Crippen LogP contribution < -0.4 is 17.0 Å². The molecule has 0 spiro atoms. The SMILES string of the molecule is CCCCCCC[CH2][Mg+].CCOCC.[Br-]. The van der Waals surface area contributed by atoms with Crippen LogP contribution >= 0.6 is 0 Å². The van der Waals surface area contributed by atoms with Gasteiger partial charge in [0.05, 0.1) is 0 Å². The number of hydrogen-bond acceptors (Lipinski definition) is 1. The summed E-state index contributed by atoms with van der Waals surface area (Å²) in [5, 5.41) is 0. The van der Waals surface area contributed by atoms with E-state index in [2.05, 4.69) is 28.6 Å². The summed E-state index contributed by atoms with van der Waals surface area (Å²) in [5.41, 5.74) is 0. The standard InChI is InChI=1S/C8H17.C4H10O.BrH.Mg/c1-3-5-7-8-6-4-2;1-3-5-4-2;;/h1,3-8H2,2H3;3-4H2,1-2H3;1H;/q;;;+1/p-1. The normalized spacial score (nSPS) is 8.87. The summed E-state index contributed by atoms with van der Waals surface area (Å²) in [4.78, 5) is 0. The molecule has 0 atom stereocenters. The topological polar surface area (TPSA) is 9.23 Å². The van der Waals surface area contributed by atoms with Gasteiger partial charge in [-0.2, -0.15) is 0 Å². The fourth-order valence-electron chi connectivity index (χ4n) is 1.16. The van der Waals surface area contributed by atoms with Crippen LogP contribution in [0.5, 0.6) is 0 Å². The minimum Gasteiger partial charge on any atom is -1.00 e. The molecule has 15 heavy (non-hydrogen) atoms. The van der Waals surface area contributed by atoms with Crippen LogP contribution in [0.1, 0.15) is 59.3 Å². The molecule has 0 aliphatic carbocycles. The zero-order valence-corrected chi connectivity index (χ0v) is 13.9. The minimum atomic E-state index is 0. The molecule has 3 heteroatoms. The van der Waals surface area contributed by atoms with Gasteiger partial charge in [-0.25, -0.2) is 0 Å². The van der Waals surface area contributed by atoms with Crippen LogP contribution in [-0.4, -0.2) is 34.9 Å². The smallest absolute Gasteiger partial charge is 0.0437 e. The molecular weight excluding hydrogens is 264 g/mol. The van der Waals surface area contributed by atoms with E-state index in [4.69, 9.17) is 4.74 Å². The second-order valence-electron chi connectivity index (χ2n) is 3.40. The van der Waals surface area contributed by atoms with Crippen LogP contribution in [0, 0.1) is 0 Å². The van der Waals surface area contributed by atoms with Gasteiger partial charge in [0.2, 0.25) is 0 Å². The van der Waals surface area contributed by atoms with E-state index in [1.807, 2.05) is 13.8 Å². The van der Waals surface area contributed by atoms with Crippen LogP contribution in [0.4, 0.5) is 0 Å².